The summed E-state index contributed by atoms with van der Waals surface area (Å²) in [7, 11) is 4.17. The highest BCUT2D eigenvalue weighted by molar-refractivity contribution is 5.46. The maximum absolute atomic E-state index is 3.82. The van der Waals surface area contributed by atoms with Crippen LogP contribution in [0.1, 0.15) is 51.1 Å². The average molecular weight is 260 g/mol. The minimum absolute atomic E-state index is 0.446. The molecule has 1 saturated carbocycles. The fourth-order valence-corrected chi connectivity index (χ4v) is 3.04. The molecular formula is C17H28N2. The first kappa shape index (κ1) is 14.4. The van der Waals surface area contributed by atoms with Crippen LogP contribution in [0.5, 0.6) is 0 Å². The molecule has 106 valence electrons. The Morgan fingerprint density at radius 1 is 1.11 bits per heavy atom. The molecule has 0 heterocycles. The molecule has 0 saturated heterocycles. The third-order valence-electron chi connectivity index (χ3n) is 4.49. The van der Waals surface area contributed by atoms with Gasteiger partial charge < -0.3 is 10.2 Å². The highest BCUT2D eigenvalue weighted by Crippen LogP contribution is 2.26. The number of rotatable bonds is 4. The topological polar surface area (TPSA) is 15.3 Å². The van der Waals surface area contributed by atoms with E-state index in [9.17, 15) is 0 Å². The molecule has 1 aromatic rings. The molecule has 3 atom stereocenters. The van der Waals surface area contributed by atoms with Crippen LogP contribution < -0.4 is 10.2 Å². The minimum Gasteiger partial charge on any atom is -0.378 e. The molecule has 2 heteroatoms. The maximum atomic E-state index is 3.82. The molecule has 1 aromatic carbocycles. The van der Waals surface area contributed by atoms with Crippen LogP contribution in [-0.2, 0) is 0 Å². The lowest BCUT2D eigenvalue weighted by atomic mass is 9.85. The van der Waals surface area contributed by atoms with Crippen molar-refractivity contribution in [2.24, 2.45) is 5.92 Å². The Balaban J connectivity index is 1.97. The van der Waals surface area contributed by atoms with Gasteiger partial charge >= 0.3 is 0 Å². The second kappa shape index (κ2) is 6.42. The molecule has 1 aliphatic rings. The number of nitrogens with one attached hydrogen (secondary N) is 1. The molecule has 1 aliphatic carbocycles. The van der Waals surface area contributed by atoms with Crippen LogP contribution in [0.15, 0.2) is 24.3 Å². The number of benzene rings is 1. The Kier molecular flexibility index (Phi) is 4.87. The van der Waals surface area contributed by atoms with Gasteiger partial charge in [0.05, 0.1) is 0 Å². The molecule has 2 nitrogen and oxygen atoms in total. The summed E-state index contributed by atoms with van der Waals surface area (Å²) in [6.07, 6.45) is 5.50. The Morgan fingerprint density at radius 2 is 1.74 bits per heavy atom. The molecule has 0 amide bonds. The van der Waals surface area contributed by atoms with Crippen LogP contribution in [-0.4, -0.2) is 20.1 Å². The molecule has 1 fully saturated rings. The number of hydrogen-bond acceptors (Lipinski definition) is 2. The van der Waals surface area contributed by atoms with Crippen LogP contribution in [0, 0.1) is 5.92 Å². The molecule has 2 rings (SSSR count). The Morgan fingerprint density at radius 3 is 2.32 bits per heavy atom. The first-order chi connectivity index (χ1) is 9.08. The van der Waals surface area contributed by atoms with E-state index >= 15 is 0 Å². The summed E-state index contributed by atoms with van der Waals surface area (Å²) in [6.45, 7) is 4.67. The van der Waals surface area contributed by atoms with Crippen molar-refractivity contribution >= 4 is 5.69 Å². The fourth-order valence-electron chi connectivity index (χ4n) is 3.04. The van der Waals surface area contributed by atoms with Crippen LogP contribution in [0.3, 0.4) is 0 Å². The summed E-state index contributed by atoms with van der Waals surface area (Å²) in [5, 5.41) is 3.82. The lowest BCUT2D eigenvalue weighted by Crippen LogP contribution is -2.38. The summed E-state index contributed by atoms with van der Waals surface area (Å²) in [5.74, 6) is 0.817. The van der Waals surface area contributed by atoms with Gasteiger partial charge in [-0.1, -0.05) is 31.9 Å². The Bertz CT molecular complexity index is 383. The monoisotopic (exact) mass is 260 g/mol. The summed E-state index contributed by atoms with van der Waals surface area (Å²) >= 11 is 0. The van der Waals surface area contributed by atoms with Gasteiger partial charge in [-0.3, -0.25) is 0 Å². The predicted molar refractivity (Wildman–Crippen MR) is 83.7 cm³/mol. The average Bonchev–Trinajstić information content (AvgIpc) is 2.41. The quantitative estimate of drug-likeness (QED) is 0.881. The van der Waals surface area contributed by atoms with Crippen molar-refractivity contribution in [2.45, 2.75) is 51.6 Å². The first-order valence-corrected chi connectivity index (χ1v) is 7.61. The van der Waals surface area contributed by atoms with Crippen LogP contribution in [0.25, 0.3) is 0 Å². The predicted octanol–water partition coefficient (Wildman–Crippen LogP) is 3.98. The Labute approximate surface area is 118 Å². The van der Waals surface area contributed by atoms with Gasteiger partial charge in [0.25, 0.3) is 0 Å². The zero-order valence-corrected chi connectivity index (χ0v) is 12.8. The summed E-state index contributed by atoms with van der Waals surface area (Å²) in [4.78, 5) is 2.14. The van der Waals surface area contributed by atoms with Gasteiger partial charge in [0.2, 0.25) is 0 Å². The second-order valence-corrected chi connectivity index (χ2v) is 6.24. The normalized spacial score (nSPS) is 25.1. The molecule has 3 unspecified atom stereocenters. The molecular weight excluding hydrogens is 232 g/mol. The first-order valence-electron chi connectivity index (χ1n) is 7.61. The fraction of sp³-hybridized carbons (Fsp3) is 0.647. The lowest BCUT2D eigenvalue weighted by molar-refractivity contribution is 0.263. The van der Waals surface area contributed by atoms with E-state index in [2.05, 4.69) is 62.4 Å². The van der Waals surface area contributed by atoms with Gasteiger partial charge in [0.1, 0.15) is 0 Å². The molecule has 0 aliphatic heterocycles. The van der Waals surface area contributed by atoms with E-state index in [-0.39, 0.29) is 0 Å². The maximum Gasteiger partial charge on any atom is 0.0361 e. The Hall–Kier alpha value is -1.02. The van der Waals surface area contributed by atoms with E-state index < -0.39 is 0 Å². The number of nitrogens with zero attached hydrogens (tertiary/aromatic N) is 1. The summed E-state index contributed by atoms with van der Waals surface area (Å²) in [5.41, 5.74) is 2.66. The van der Waals surface area contributed by atoms with E-state index in [1.807, 2.05) is 0 Å². The molecule has 0 spiro atoms. The van der Waals surface area contributed by atoms with Gasteiger partial charge in [-0.05, 0) is 43.4 Å². The van der Waals surface area contributed by atoms with Gasteiger partial charge in [0, 0.05) is 31.9 Å². The van der Waals surface area contributed by atoms with E-state index in [0.717, 1.165) is 5.92 Å². The van der Waals surface area contributed by atoms with Crippen molar-refractivity contribution in [2.75, 3.05) is 19.0 Å². The highest BCUT2D eigenvalue weighted by atomic mass is 15.1. The third kappa shape index (κ3) is 3.73. The largest absolute Gasteiger partial charge is 0.378 e. The third-order valence-corrected chi connectivity index (χ3v) is 4.49. The van der Waals surface area contributed by atoms with Crippen molar-refractivity contribution in [1.82, 2.24) is 5.32 Å². The number of hydrogen-bond donors (Lipinski definition) is 1. The summed E-state index contributed by atoms with van der Waals surface area (Å²) in [6, 6.07) is 10.1. The van der Waals surface area contributed by atoms with Gasteiger partial charge in [-0.15, -0.1) is 0 Å². The molecule has 1 N–H and O–H groups in total. The van der Waals surface area contributed by atoms with Crippen molar-refractivity contribution in [3.8, 4) is 0 Å². The summed E-state index contributed by atoms with van der Waals surface area (Å²) < 4.78 is 0. The van der Waals surface area contributed by atoms with Crippen molar-refractivity contribution < 1.29 is 0 Å². The minimum atomic E-state index is 0.446. The van der Waals surface area contributed by atoms with E-state index in [0.29, 0.717) is 12.1 Å². The van der Waals surface area contributed by atoms with E-state index in [1.165, 1.54) is 36.9 Å². The van der Waals surface area contributed by atoms with Crippen LogP contribution in [0.4, 0.5) is 5.69 Å². The van der Waals surface area contributed by atoms with Gasteiger partial charge in [-0.2, -0.15) is 0 Å². The highest BCUT2D eigenvalue weighted by Gasteiger charge is 2.22. The molecule has 0 radical (unpaired) electrons. The lowest BCUT2D eigenvalue weighted by Gasteiger charge is -2.32. The SMILES string of the molecule is CC(NC1CCCCC1C)c1ccc(N(C)C)cc1. The van der Waals surface area contributed by atoms with Crippen LogP contribution in [0.2, 0.25) is 0 Å². The number of anilines is 1. The van der Waals surface area contributed by atoms with Crippen LogP contribution >= 0.6 is 0 Å². The molecule has 19 heavy (non-hydrogen) atoms. The van der Waals surface area contributed by atoms with Crippen molar-refractivity contribution in [3.05, 3.63) is 29.8 Å². The van der Waals surface area contributed by atoms with E-state index in [4.69, 9.17) is 0 Å². The zero-order valence-electron chi connectivity index (χ0n) is 12.8. The smallest absolute Gasteiger partial charge is 0.0361 e. The molecule has 0 aromatic heterocycles. The van der Waals surface area contributed by atoms with Gasteiger partial charge in [-0.25, -0.2) is 0 Å². The van der Waals surface area contributed by atoms with Gasteiger partial charge in [0.15, 0.2) is 0 Å². The second-order valence-electron chi connectivity index (χ2n) is 6.24. The standard InChI is InChI=1S/C17H28N2/c1-13-7-5-6-8-17(13)18-14(2)15-9-11-16(12-10-15)19(3)4/h9-14,17-18H,5-8H2,1-4H3. The van der Waals surface area contributed by atoms with Crippen molar-refractivity contribution in [3.63, 3.8) is 0 Å². The zero-order chi connectivity index (χ0) is 13.8. The molecule has 0 bridgehead atoms. The van der Waals surface area contributed by atoms with Crippen molar-refractivity contribution in [1.29, 1.82) is 0 Å². The van der Waals surface area contributed by atoms with E-state index in [1.54, 1.807) is 0 Å².